The zero-order valence-corrected chi connectivity index (χ0v) is 17.2. The van der Waals surface area contributed by atoms with Crippen molar-refractivity contribution in [1.29, 1.82) is 0 Å². The number of aryl methyl sites for hydroxylation is 1. The van der Waals surface area contributed by atoms with E-state index in [0.717, 1.165) is 16.7 Å². The molecule has 0 saturated carbocycles. The normalized spacial score (nSPS) is 10.7. The minimum atomic E-state index is -0.908. The molecule has 1 N–H and O–H groups in total. The molecule has 0 aliphatic carbocycles. The Morgan fingerprint density at radius 2 is 1.81 bits per heavy atom. The van der Waals surface area contributed by atoms with Gasteiger partial charge in [0.05, 0.1) is 0 Å². The molecule has 0 radical (unpaired) electrons. The van der Waals surface area contributed by atoms with Crippen molar-refractivity contribution in [2.24, 2.45) is 0 Å². The number of carbonyl (C=O) groups excluding carboxylic acids is 1. The van der Waals surface area contributed by atoms with E-state index < -0.39 is 28.7 Å². The van der Waals surface area contributed by atoms with Crippen molar-refractivity contribution in [3.05, 3.63) is 92.1 Å². The lowest BCUT2D eigenvalue weighted by molar-refractivity contribution is -0.109. The van der Waals surface area contributed by atoms with Crippen molar-refractivity contribution in [3.8, 4) is 11.4 Å². The number of nitrogens with zero attached hydrogens (tertiary/aromatic N) is 1. The molecular formula is C22H18ClF3N2O3. The second-order valence-electron chi connectivity index (χ2n) is 6.70. The maximum absolute atomic E-state index is 14.2. The van der Waals surface area contributed by atoms with E-state index in [1.54, 1.807) is 0 Å². The highest BCUT2D eigenvalue weighted by Gasteiger charge is 2.19. The molecule has 1 heterocycles. The van der Waals surface area contributed by atoms with Gasteiger partial charge in [-0.1, -0.05) is 23.7 Å². The summed E-state index contributed by atoms with van der Waals surface area (Å²) in [5.74, 6) is -2.23. The number of nitrogens with one attached hydrogen (secondary N) is 1. The van der Waals surface area contributed by atoms with Crippen molar-refractivity contribution in [2.75, 3.05) is 6.54 Å². The molecule has 0 unspecified atom stereocenters. The Kier molecular flexibility index (Phi) is 7.02. The predicted octanol–water partition coefficient (Wildman–Crippen LogP) is 4.08. The Balaban J connectivity index is 1.91. The summed E-state index contributed by atoms with van der Waals surface area (Å²) in [7, 11) is 0. The van der Waals surface area contributed by atoms with E-state index in [9.17, 15) is 22.8 Å². The van der Waals surface area contributed by atoms with Gasteiger partial charge < -0.3 is 10.1 Å². The molecular weight excluding hydrogens is 433 g/mol. The number of benzene rings is 2. The maximum Gasteiger partial charge on any atom is 0.278 e. The van der Waals surface area contributed by atoms with Gasteiger partial charge in [0, 0.05) is 18.3 Å². The first-order valence-electron chi connectivity index (χ1n) is 9.27. The zero-order valence-electron chi connectivity index (χ0n) is 16.4. The molecule has 5 nitrogen and oxygen atoms in total. The zero-order chi connectivity index (χ0) is 22.5. The first kappa shape index (κ1) is 22.4. The third-order valence-corrected chi connectivity index (χ3v) is 4.98. The third kappa shape index (κ3) is 4.91. The second kappa shape index (κ2) is 9.70. The lowest BCUT2D eigenvalue weighted by Crippen LogP contribution is -2.23. The van der Waals surface area contributed by atoms with Crippen LogP contribution in [0.3, 0.4) is 0 Å². The number of hydrogen-bond donors (Lipinski definition) is 1. The molecule has 1 amide bonds. The number of amides is 1. The van der Waals surface area contributed by atoms with Crippen LogP contribution in [0, 0.1) is 24.4 Å². The number of rotatable bonds is 8. The quantitative estimate of drug-likeness (QED) is 0.415. The van der Waals surface area contributed by atoms with E-state index >= 15 is 0 Å². The van der Waals surface area contributed by atoms with Crippen molar-refractivity contribution in [2.45, 2.75) is 20.0 Å². The summed E-state index contributed by atoms with van der Waals surface area (Å²) in [5, 5.41) is 2.15. The van der Waals surface area contributed by atoms with E-state index in [2.05, 4.69) is 5.32 Å². The van der Waals surface area contributed by atoms with Gasteiger partial charge in [-0.3, -0.25) is 14.2 Å². The lowest BCUT2D eigenvalue weighted by Gasteiger charge is -2.16. The van der Waals surface area contributed by atoms with Crippen molar-refractivity contribution >= 4 is 18.0 Å². The highest BCUT2D eigenvalue weighted by molar-refractivity contribution is 6.31. The molecule has 0 spiro atoms. The van der Waals surface area contributed by atoms with Gasteiger partial charge in [0.1, 0.15) is 40.5 Å². The number of pyridine rings is 1. The Bertz CT molecular complexity index is 1160. The average molecular weight is 451 g/mol. The Hall–Kier alpha value is -3.26. The average Bonchev–Trinajstić information content (AvgIpc) is 2.73. The van der Waals surface area contributed by atoms with Crippen LogP contribution in [-0.4, -0.2) is 17.5 Å². The van der Waals surface area contributed by atoms with Crippen LogP contribution in [0.15, 0.2) is 47.3 Å². The molecule has 9 heteroatoms. The van der Waals surface area contributed by atoms with Gasteiger partial charge in [-0.05, 0) is 48.7 Å². The van der Waals surface area contributed by atoms with Crippen LogP contribution < -0.4 is 15.6 Å². The van der Waals surface area contributed by atoms with E-state index in [1.165, 1.54) is 37.3 Å². The van der Waals surface area contributed by atoms with Gasteiger partial charge in [-0.15, -0.1) is 0 Å². The van der Waals surface area contributed by atoms with E-state index in [-0.39, 0.29) is 23.1 Å². The molecule has 2 aromatic carbocycles. The van der Waals surface area contributed by atoms with Crippen LogP contribution in [-0.2, 0) is 17.8 Å². The molecule has 3 rings (SSSR count). The number of halogens is 4. The number of aromatic nitrogens is 1. The van der Waals surface area contributed by atoms with Crippen molar-refractivity contribution < 1.29 is 22.7 Å². The van der Waals surface area contributed by atoms with Crippen LogP contribution >= 0.6 is 11.6 Å². The minimum Gasteiger partial charge on any atom is -0.487 e. The van der Waals surface area contributed by atoms with Crippen molar-refractivity contribution in [3.63, 3.8) is 0 Å². The highest BCUT2D eigenvalue weighted by atomic mass is 35.5. The topological polar surface area (TPSA) is 60.3 Å². The van der Waals surface area contributed by atoms with Gasteiger partial charge in [0.15, 0.2) is 0 Å². The predicted molar refractivity (Wildman–Crippen MR) is 110 cm³/mol. The fourth-order valence-corrected chi connectivity index (χ4v) is 3.35. The molecule has 0 aliphatic rings. The smallest absolute Gasteiger partial charge is 0.278 e. The molecule has 1 aromatic heterocycles. The van der Waals surface area contributed by atoms with Crippen molar-refractivity contribution in [1.82, 2.24) is 9.88 Å². The summed E-state index contributed by atoms with van der Waals surface area (Å²) < 4.78 is 48.5. The Morgan fingerprint density at radius 3 is 2.48 bits per heavy atom. The minimum absolute atomic E-state index is 0.0263. The van der Waals surface area contributed by atoms with Gasteiger partial charge in [-0.25, -0.2) is 13.2 Å². The summed E-state index contributed by atoms with van der Waals surface area (Å²) in [6, 6.07) is 8.79. The molecule has 0 fully saturated rings. The molecule has 0 saturated heterocycles. The summed E-state index contributed by atoms with van der Waals surface area (Å²) in [6.45, 7) is 1.77. The number of ether oxygens (including phenoxy) is 1. The fraction of sp³-hybridized carbons (Fsp3) is 0.182. The van der Waals surface area contributed by atoms with Gasteiger partial charge in [0.2, 0.25) is 6.41 Å². The first-order valence-corrected chi connectivity index (χ1v) is 9.65. The second-order valence-corrected chi connectivity index (χ2v) is 7.08. The largest absolute Gasteiger partial charge is 0.487 e. The van der Waals surface area contributed by atoms with E-state index in [4.69, 9.17) is 16.3 Å². The van der Waals surface area contributed by atoms with Gasteiger partial charge in [-0.2, -0.15) is 0 Å². The van der Waals surface area contributed by atoms with E-state index in [0.29, 0.717) is 30.5 Å². The van der Waals surface area contributed by atoms with Crippen LogP contribution in [0.5, 0.6) is 5.75 Å². The summed E-state index contributed by atoms with van der Waals surface area (Å²) in [4.78, 5) is 23.2. The lowest BCUT2D eigenvalue weighted by atomic mass is 10.0. The first-order chi connectivity index (χ1) is 14.8. The molecule has 3 aromatic rings. The monoisotopic (exact) mass is 450 g/mol. The molecule has 31 heavy (non-hydrogen) atoms. The van der Waals surface area contributed by atoms with Crippen LogP contribution in [0.4, 0.5) is 13.2 Å². The van der Waals surface area contributed by atoms with Gasteiger partial charge >= 0.3 is 0 Å². The number of hydrogen-bond acceptors (Lipinski definition) is 3. The third-order valence-electron chi connectivity index (χ3n) is 4.63. The summed E-state index contributed by atoms with van der Waals surface area (Å²) >= 11 is 6.15. The Labute approximate surface area is 181 Å². The van der Waals surface area contributed by atoms with Gasteiger partial charge in [0.25, 0.3) is 5.56 Å². The summed E-state index contributed by atoms with van der Waals surface area (Å²) in [5.41, 5.74) is 0.0937. The fourth-order valence-electron chi connectivity index (χ4n) is 3.16. The summed E-state index contributed by atoms with van der Waals surface area (Å²) in [6.07, 6.45) is 0.918. The SMILES string of the molecule is Cc1cc(OCc2ccc(F)cc2CCNC=O)c(Cl)c(=O)n1-c1c(F)cccc1F. The standard InChI is InChI=1S/C22H18ClF3N2O3/c1-13-9-19(20(23)22(30)28(13)21-17(25)3-2-4-18(21)26)31-11-15-5-6-16(24)10-14(15)7-8-27-12-29/h2-6,9-10,12H,7-8,11H2,1H3,(H,27,29). The molecule has 0 aliphatic heterocycles. The Morgan fingerprint density at radius 1 is 1.10 bits per heavy atom. The molecule has 162 valence electrons. The number of carbonyl (C=O) groups is 1. The van der Waals surface area contributed by atoms with Crippen LogP contribution in [0.25, 0.3) is 5.69 Å². The van der Waals surface area contributed by atoms with Crippen LogP contribution in [0.1, 0.15) is 16.8 Å². The molecule has 0 atom stereocenters. The molecule has 0 bridgehead atoms. The number of para-hydroxylation sites is 1. The highest BCUT2D eigenvalue weighted by Crippen LogP contribution is 2.27. The van der Waals surface area contributed by atoms with E-state index in [1.807, 2.05) is 0 Å². The maximum atomic E-state index is 14.2. The van der Waals surface area contributed by atoms with Crippen LogP contribution in [0.2, 0.25) is 5.02 Å².